The van der Waals surface area contributed by atoms with E-state index in [-0.39, 0.29) is 5.60 Å². The molecule has 13 heavy (non-hydrogen) atoms. The summed E-state index contributed by atoms with van der Waals surface area (Å²) in [6.07, 6.45) is 4.92. The van der Waals surface area contributed by atoms with Gasteiger partial charge >= 0.3 is 0 Å². The summed E-state index contributed by atoms with van der Waals surface area (Å²) < 4.78 is 5.94. The van der Waals surface area contributed by atoms with Gasteiger partial charge in [-0.15, -0.1) is 11.6 Å². The fourth-order valence-corrected chi connectivity index (χ4v) is 4.08. The molecule has 0 aromatic carbocycles. The van der Waals surface area contributed by atoms with Gasteiger partial charge in [0, 0.05) is 18.2 Å². The van der Waals surface area contributed by atoms with E-state index in [4.69, 9.17) is 16.3 Å². The van der Waals surface area contributed by atoms with E-state index in [1.54, 1.807) is 0 Å². The molecule has 0 aliphatic carbocycles. The van der Waals surface area contributed by atoms with Crippen LogP contribution < -0.4 is 0 Å². The van der Waals surface area contributed by atoms with E-state index in [2.05, 4.69) is 0 Å². The second-order valence-electron chi connectivity index (χ2n) is 4.17. The minimum atomic E-state index is 0.250. The Balaban J connectivity index is 1.90. The first-order valence-electron chi connectivity index (χ1n) is 5.12. The lowest BCUT2D eigenvalue weighted by molar-refractivity contribution is -0.0796. The van der Waals surface area contributed by atoms with E-state index in [1.165, 1.54) is 37.2 Å². The SMILES string of the molecule is ClCCC1CCOC2(CCSC2)C1. The molecule has 1 nitrogen and oxygen atoms in total. The largest absolute Gasteiger partial charge is 0.374 e. The molecule has 0 radical (unpaired) electrons. The van der Waals surface area contributed by atoms with Gasteiger partial charge in [0.05, 0.1) is 5.60 Å². The lowest BCUT2D eigenvalue weighted by Crippen LogP contribution is -2.39. The van der Waals surface area contributed by atoms with Crippen LogP contribution in [0, 0.1) is 5.92 Å². The molecule has 0 aromatic rings. The molecular weight excluding hydrogens is 204 g/mol. The molecular formula is C10H17ClOS. The zero-order valence-electron chi connectivity index (χ0n) is 7.93. The fourth-order valence-electron chi connectivity index (χ4n) is 2.39. The summed E-state index contributed by atoms with van der Waals surface area (Å²) in [5.74, 6) is 4.14. The lowest BCUT2D eigenvalue weighted by atomic mass is 9.84. The van der Waals surface area contributed by atoms with Crippen molar-refractivity contribution in [3.05, 3.63) is 0 Å². The number of rotatable bonds is 2. The van der Waals surface area contributed by atoms with Crippen LogP contribution in [0.4, 0.5) is 0 Å². The number of alkyl halides is 1. The summed E-state index contributed by atoms with van der Waals surface area (Å²) >= 11 is 7.83. The third-order valence-corrected chi connectivity index (χ3v) is 4.62. The Morgan fingerprint density at radius 1 is 1.54 bits per heavy atom. The van der Waals surface area contributed by atoms with Crippen molar-refractivity contribution >= 4 is 23.4 Å². The molecule has 2 saturated heterocycles. The molecule has 2 rings (SSSR count). The van der Waals surface area contributed by atoms with Crippen LogP contribution in [0.15, 0.2) is 0 Å². The van der Waals surface area contributed by atoms with Gasteiger partial charge in [-0.2, -0.15) is 11.8 Å². The Labute approximate surface area is 89.6 Å². The standard InChI is InChI=1S/C10H17ClOS/c11-4-1-9-2-5-12-10(7-9)3-6-13-8-10/h9H,1-8H2. The highest BCUT2D eigenvalue weighted by Crippen LogP contribution is 2.41. The topological polar surface area (TPSA) is 9.23 Å². The third kappa shape index (κ3) is 2.34. The van der Waals surface area contributed by atoms with Crippen LogP contribution in [-0.2, 0) is 4.74 Å². The van der Waals surface area contributed by atoms with Crippen LogP contribution >= 0.6 is 23.4 Å². The minimum absolute atomic E-state index is 0.250. The van der Waals surface area contributed by atoms with E-state index >= 15 is 0 Å². The normalized spacial score (nSPS) is 39.9. The first kappa shape index (κ1) is 10.1. The van der Waals surface area contributed by atoms with Crippen LogP contribution in [0.3, 0.4) is 0 Å². The minimum Gasteiger partial charge on any atom is -0.374 e. The first-order valence-corrected chi connectivity index (χ1v) is 6.81. The van der Waals surface area contributed by atoms with Gasteiger partial charge in [0.1, 0.15) is 0 Å². The molecule has 0 amide bonds. The van der Waals surface area contributed by atoms with E-state index in [9.17, 15) is 0 Å². The van der Waals surface area contributed by atoms with Crippen molar-refractivity contribution in [3.8, 4) is 0 Å². The second-order valence-corrected chi connectivity index (χ2v) is 5.65. The molecule has 3 heteroatoms. The molecule has 0 aromatic heterocycles. The Bertz CT molecular complexity index is 166. The van der Waals surface area contributed by atoms with Crippen molar-refractivity contribution in [2.75, 3.05) is 24.0 Å². The quantitative estimate of drug-likeness (QED) is 0.662. The molecule has 1 spiro atoms. The third-order valence-electron chi connectivity index (χ3n) is 3.18. The molecule has 2 aliphatic heterocycles. The van der Waals surface area contributed by atoms with Crippen molar-refractivity contribution in [2.45, 2.75) is 31.3 Å². The van der Waals surface area contributed by atoms with Gasteiger partial charge in [0.2, 0.25) is 0 Å². The molecule has 2 heterocycles. The maximum atomic E-state index is 5.94. The van der Waals surface area contributed by atoms with Crippen molar-refractivity contribution in [1.29, 1.82) is 0 Å². The van der Waals surface area contributed by atoms with Crippen LogP contribution in [0.1, 0.15) is 25.7 Å². The van der Waals surface area contributed by atoms with E-state index in [0.29, 0.717) is 0 Å². The summed E-state index contributed by atoms with van der Waals surface area (Å²) in [5.41, 5.74) is 0.250. The van der Waals surface area contributed by atoms with Crippen molar-refractivity contribution in [3.63, 3.8) is 0 Å². The Hall–Kier alpha value is 0.600. The van der Waals surface area contributed by atoms with Gasteiger partial charge in [-0.25, -0.2) is 0 Å². The summed E-state index contributed by atoms with van der Waals surface area (Å²) in [5, 5.41) is 0. The Morgan fingerprint density at radius 2 is 2.46 bits per heavy atom. The van der Waals surface area contributed by atoms with Gasteiger partial charge in [0.15, 0.2) is 0 Å². The van der Waals surface area contributed by atoms with E-state index in [0.717, 1.165) is 18.4 Å². The Morgan fingerprint density at radius 3 is 3.15 bits per heavy atom. The highest BCUT2D eigenvalue weighted by molar-refractivity contribution is 7.99. The maximum absolute atomic E-state index is 5.94. The van der Waals surface area contributed by atoms with Gasteiger partial charge in [0.25, 0.3) is 0 Å². The van der Waals surface area contributed by atoms with Crippen molar-refractivity contribution in [1.82, 2.24) is 0 Å². The van der Waals surface area contributed by atoms with Crippen LogP contribution in [0.2, 0.25) is 0 Å². The zero-order valence-corrected chi connectivity index (χ0v) is 9.50. The van der Waals surface area contributed by atoms with E-state index < -0.39 is 0 Å². The molecule has 0 N–H and O–H groups in total. The molecule has 2 fully saturated rings. The predicted molar refractivity (Wildman–Crippen MR) is 58.7 cm³/mol. The maximum Gasteiger partial charge on any atom is 0.0783 e. The molecule has 2 unspecified atom stereocenters. The number of hydrogen-bond donors (Lipinski definition) is 0. The summed E-state index contributed by atoms with van der Waals surface area (Å²) in [4.78, 5) is 0. The Kier molecular flexibility index (Phi) is 3.44. The average molecular weight is 221 g/mol. The van der Waals surface area contributed by atoms with Gasteiger partial charge < -0.3 is 4.74 Å². The number of halogens is 1. The summed E-state index contributed by atoms with van der Waals surface area (Å²) in [6.45, 7) is 0.960. The molecule has 76 valence electrons. The van der Waals surface area contributed by atoms with Gasteiger partial charge in [-0.3, -0.25) is 0 Å². The van der Waals surface area contributed by atoms with Gasteiger partial charge in [-0.05, 0) is 37.4 Å². The average Bonchev–Trinajstić information content (AvgIpc) is 2.54. The van der Waals surface area contributed by atoms with E-state index in [1.807, 2.05) is 11.8 Å². The summed E-state index contributed by atoms with van der Waals surface area (Å²) in [7, 11) is 0. The molecule has 0 saturated carbocycles. The smallest absolute Gasteiger partial charge is 0.0783 e. The van der Waals surface area contributed by atoms with Crippen LogP contribution in [-0.4, -0.2) is 29.6 Å². The number of hydrogen-bond acceptors (Lipinski definition) is 2. The van der Waals surface area contributed by atoms with Crippen LogP contribution in [0.5, 0.6) is 0 Å². The van der Waals surface area contributed by atoms with Gasteiger partial charge in [-0.1, -0.05) is 0 Å². The second kappa shape index (κ2) is 4.41. The summed E-state index contributed by atoms with van der Waals surface area (Å²) in [6, 6.07) is 0. The fraction of sp³-hybridized carbons (Fsp3) is 1.00. The zero-order chi connectivity index (χ0) is 9.15. The molecule has 2 aliphatic rings. The number of thioether (sulfide) groups is 1. The van der Waals surface area contributed by atoms with Crippen molar-refractivity contribution in [2.24, 2.45) is 5.92 Å². The molecule has 0 bridgehead atoms. The number of ether oxygens (including phenoxy) is 1. The molecule has 2 atom stereocenters. The highest BCUT2D eigenvalue weighted by atomic mass is 35.5. The monoisotopic (exact) mass is 220 g/mol. The predicted octanol–water partition coefficient (Wildman–Crippen LogP) is 2.92. The highest BCUT2D eigenvalue weighted by Gasteiger charge is 2.39. The van der Waals surface area contributed by atoms with Crippen molar-refractivity contribution < 1.29 is 4.74 Å². The lowest BCUT2D eigenvalue weighted by Gasteiger charge is -2.37. The first-order chi connectivity index (χ1) is 6.35. The van der Waals surface area contributed by atoms with Crippen LogP contribution in [0.25, 0.3) is 0 Å².